The summed E-state index contributed by atoms with van der Waals surface area (Å²) in [5, 5.41) is 0. The van der Waals surface area contributed by atoms with E-state index in [2.05, 4.69) is 24.3 Å². The van der Waals surface area contributed by atoms with Gasteiger partial charge in [0.25, 0.3) is 0 Å². The molecule has 0 radical (unpaired) electrons. The minimum Gasteiger partial charge on any atom is -0.278 e. The lowest BCUT2D eigenvalue weighted by atomic mass is 9.73. The molecule has 2 aromatic rings. The molecule has 5 rings (SSSR count). The molecule has 0 aromatic heterocycles. The second-order valence-corrected chi connectivity index (χ2v) is 7.71. The predicted molar refractivity (Wildman–Crippen MR) is 94.4 cm³/mol. The van der Waals surface area contributed by atoms with Crippen molar-refractivity contribution in [2.45, 2.75) is 25.3 Å². The van der Waals surface area contributed by atoms with Crippen molar-refractivity contribution in [2.75, 3.05) is 0 Å². The van der Waals surface area contributed by atoms with Crippen molar-refractivity contribution in [3.05, 3.63) is 71.8 Å². The van der Waals surface area contributed by atoms with Gasteiger partial charge < -0.3 is 0 Å². The van der Waals surface area contributed by atoms with Gasteiger partial charge in [-0.05, 0) is 41.7 Å². The van der Waals surface area contributed by atoms with E-state index >= 15 is 0 Å². The summed E-state index contributed by atoms with van der Waals surface area (Å²) in [6.07, 6.45) is 2.08. The second kappa shape index (κ2) is 5.55. The van der Waals surface area contributed by atoms with Crippen LogP contribution in [0.1, 0.15) is 29.9 Å². The molecule has 5 atom stereocenters. The third-order valence-corrected chi connectivity index (χ3v) is 6.52. The highest BCUT2D eigenvalue weighted by atomic mass is 16.2. The zero-order chi connectivity index (χ0) is 17.0. The molecule has 0 spiro atoms. The monoisotopic (exact) mass is 331 g/mol. The van der Waals surface area contributed by atoms with Crippen LogP contribution in [-0.4, -0.2) is 16.7 Å². The Kier molecular flexibility index (Phi) is 3.30. The molecule has 3 fully saturated rings. The summed E-state index contributed by atoms with van der Waals surface area (Å²) in [4.78, 5) is 27.5. The largest absolute Gasteiger partial charge is 0.278 e. The molecule has 1 aliphatic heterocycles. The van der Waals surface area contributed by atoms with E-state index in [0.29, 0.717) is 24.3 Å². The van der Waals surface area contributed by atoms with E-state index < -0.39 is 0 Å². The molecular weight excluding hydrogens is 310 g/mol. The molecule has 126 valence electrons. The average Bonchev–Trinajstić information content (AvgIpc) is 3.31. The van der Waals surface area contributed by atoms with Crippen LogP contribution in [0.3, 0.4) is 0 Å². The number of benzene rings is 2. The van der Waals surface area contributed by atoms with Crippen LogP contribution in [0.15, 0.2) is 60.7 Å². The van der Waals surface area contributed by atoms with Crippen LogP contribution in [0, 0.1) is 23.7 Å². The molecule has 2 bridgehead atoms. The summed E-state index contributed by atoms with van der Waals surface area (Å²) >= 11 is 0. The van der Waals surface area contributed by atoms with Gasteiger partial charge in [-0.25, -0.2) is 0 Å². The molecule has 0 unspecified atom stereocenters. The first-order valence-corrected chi connectivity index (χ1v) is 9.18. The zero-order valence-corrected chi connectivity index (χ0v) is 14.0. The number of carbonyl (C=O) groups excluding carboxylic acids is 2. The number of nitrogens with zero attached hydrogens (tertiary/aromatic N) is 1. The number of likely N-dealkylation sites (tertiary alicyclic amines) is 1. The Morgan fingerprint density at radius 1 is 0.800 bits per heavy atom. The summed E-state index contributed by atoms with van der Waals surface area (Å²) in [6, 6.07) is 20.3. The molecule has 2 aliphatic carbocycles. The predicted octanol–water partition coefficient (Wildman–Crippen LogP) is 3.61. The molecule has 2 saturated carbocycles. The Bertz CT molecular complexity index is 816. The normalized spacial score (nSPS) is 33.1. The zero-order valence-electron chi connectivity index (χ0n) is 14.0. The highest BCUT2D eigenvalue weighted by Crippen LogP contribution is 2.61. The minimum atomic E-state index is -0.0971. The van der Waals surface area contributed by atoms with Crippen LogP contribution in [0.4, 0.5) is 0 Å². The molecule has 3 heteroatoms. The highest BCUT2D eigenvalue weighted by Gasteiger charge is 2.63. The van der Waals surface area contributed by atoms with E-state index in [-0.39, 0.29) is 23.7 Å². The second-order valence-electron chi connectivity index (χ2n) is 7.71. The number of amides is 2. The van der Waals surface area contributed by atoms with Crippen LogP contribution in [-0.2, 0) is 16.1 Å². The van der Waals surface area contributed by atoms with Gasteiger partial charge in [-0.3, -0.25) is 14.5 Å². The van der Waals surface area contributed by atoms with E-state index in [1.807, 2.05) is 36.4 Å². The van der Waals surface area contributed by atoms with Crippen LogP contribution in [0.2, 0.25) is 0 Å². The van der Waals surface area contributed by atoms with Gasteiger partial charge in [-0.2, -0.15) is 0 Å². The standard InChI is InChI=1S/C22H21NO2/c24-21-19-16-11-17(15-9-5-2-6-10-15)18(12-16)20(19)22(25)23(21)13-14-7-3-1-4-8-14/h1-10,16-20H,11-13H2/t16-,17+,18-,19+,20+/m1/s1. The molecule has 2 amide bonds. The lowest BCUT2D eigenvalue weighted by Crippen LogP contribution is -2.32. The third kappa shape index (κ3) is 2.18. The number of hydrogen-bond acceptors (Lipinski definition) is 2. The fraction of sp³-hybridized carbons (Fsp3) is 0.364. The van der Waals surface area contributed by atoms with Crippen molar-refractivity contribution >= 4 is 11.8 Å². The van der Waals surface area contributed by atoms with Crippen molar-refractivity contribution in [3.8, 4) is 0 Å². The fourth-order valence-corrected chi connectivity index (χ4v) is 5.53. The maximum atomic E-state index is 13.1. The van der Waals surface area contributed by atoms with E-state index in [9.17, 15) is 9.59 Å². The van der Waals surface area contributed by atoms with Gasteiger partial charge in [0, 0.05) is 0 Å². The Morgan fingerprint density at radius 3 is 2.16 bits per heavy atom. The lowest BCUT2D eigenvalue weighted by molar-refractivity contribution is -0.141. The molecule has 3 nitrogen and oxygen atoms in total. The summed E-state index contributed by atoms with van der Waals surface area (Å²) < 4.78 is 0. The Balaban J connectivity index is 1.42. The summed E-state index contributed by atoms with van der Waals surface area (Å²) in [6.45, 7) is 0.418. The summed E-state index contributed by atoms with van der Waals surface area (Å²) in [5.74, 6) is 1.10. The van der Waals surface area contributed by atoms with Crippen LogP contribution in [0.25, 0.3) is 0 Å². The van der Waals surface area contributed by atoms with Gasteiger partial charge in [-0.1, -0.05) is 60.7 Å². The van der Waals surface area contributed by atoms with Crippen molar-refractivity contribution < 1.29 is 9.59 Å². The van der Waals surface area contributed by atoms with Crippen molar-refractivity contribution in [3.63, 3.8) is 0 Å². The number of rotatable bonds is 3. The summed E-state index contributed by atoms with van der Waals surface area (Å²) in [5.41, 5.74) is 2.35. The van der Waals surface area contributed by atoms with Gasteiger partial charge in [-0.15, -0.1) is 0 Å². The molecule has 2 aromatic carbocycles. The molecular formula is C22H21NO2. The number of carbonyl (C=O) groups is 2. The molecule has 1 heterocycles. The van der Waals surface area contributed by atoms with Gasteiger partial charge in [0.1, 0.15) is 0 Å². The molecule has 0 N–H and O–H groups in total. The van der Waals surface area contributed by atoms with Crippen LogP contribution < -0.4 is 0 Å². The number of fused-ring (bicyclic) bond motifs is 5. The maximum Gasteiger partial charge on any atom is 0.233 e. The first-order chi connectivity index (χ1) is 12.2. The van der Waals surface area contributed by atoms with Crippen molar-refractivity contribution in [2.24, 2.45) is 23.7 Å². The first-order valence-electron chi connectivity index (χ1n) is 9.18. The average molecular weight is 331 g/mol. The van der Waals surface area contributed by atoms with Crippen LogP contribution in [0.5, 0.6) is 0 Å². The van der Waals surface area contributed by atoms with E-state index in [1.54, 1.807) is 0 Å². The Labute approximate surface area is 147 Å². The quantitative estimate of drug-likeness (QED) is 0.806. The van der Waals surface area contributed by atoms with E-state index in [4.69, 9.17) is 0 Å². The smallest absolute Gasteiger partial charge is 0.233 e. The molecule has 3 aliphatic rings. The van der Waals surface area contributed by atoms with E-state index in [0.717, 1.165) is 18.4 Å². The van der Waals surface area contributed by atoms with Gasteiger partial charge in [0.05, 0.1) is 18.4 Å². The number of imide groups is 1. The first kappa shape index (κ1) is 14.9. The van der Waals surface area contributed by atoms with Crippen molar-refractivity contribution in [1.29, 1.82) is 0 Å². The lowest BCUT2D eigenvalue weighted by Gasteiger charge is -2.28. The van der Waals surface area contributed by atoms with Crippen LogP contribution >= 0.6 is 0 Å². The number of hydrogen-bond donors (Lipinski definition) is 0. The molecule has 1 saturated heterocycles. The van der Waals surface area contributed by atoms with Gasteiger partial charge >= 0.3 is 0 Å². The summed E-state index contributed by atoms with van der Waals surface area (Å²) in [7, 11) is 0. The minimum absolute atomic E-state index is 0.0620. The SMILES string of the molecule is O=C1[C@H]2[C@H]3C[C@@H]([C@@H]2C(=O)N1Cc1ccccc1)[C@H](c1ccccc1)C3. The Morgan fingerprint density at radius 2 is 1.44 bits per heavy atom. The highest BCUT2D eigenvalue weighted by molar-refractivity contribution is 6.06. The Hall–Kier alpha value is -2.42. The maximum absolute atomic E-state index is 13.1. The molecule has 25 heavy (non-hydrogen) atoms. The van der Waals surface area contributed by atoms with Gasteiger partial charge in [0.2, 0.25) is 11.8 Å². The third-order valence-electron chi connectivity index (χ3n) is 6.52. The van der Waals surface area contributed by atoms with Gasteiger partial charge in [0.15, 0.2) is 0 Å². The topological polar surface area (TPSA) is 37.4 Å². The van der Waals surface area contributed by atoms with Crippen molar-refractivity contribution in [1.82, 2.24) is 4.90 Å². The van der Waals surface area contributed by atoms with E-state index in [1.165, 1.54) is 10.5 Å². The fourth-order valence-electron chi connectivity index (χ4n) is 5.53.